The van der Waals surface area contributed by atoms with Gasteiger partial charge in [0, 0.05) is 4.90 Å². The molecule has 0 N–H and O–H groups in total. The number of fused-ring (bicyclic) bond motifs is 1. The number of likely N-dealkylation sites (tertiary alicyclic amines) is 1. The van der Waals surface area contributed by atoms with Gasteiger partial charge in [0.25, 0.3) is 0 Å². The molecule has 2 atom stereocenters. The van der Waals surface area contributed by atoms with Crippen molar-refractivity contribution in [3.05, 3.63) is 119 Å². The molecule has 2 heterocycles. The Morgan fingerprint density at radius 3 is 2.55 bits per heavy atom. The molecule has 0 amide bonds. The van der Waals surface area contributed by atoms with Gasteiger partial charge in [-0.1, -0.05) is 59.2 Å². The van der Waals surface area contributed by atoms with E-state index in [4.69, 9.17) is 4.99 Å². The standard InChI is InChI=1S/C37H40FN3S/c1-26-21-30(14-16-35(26)38)33-9-5-4-8-32(24-34(33)31-15-17-36-37(23-31)42(3)40-36)39-25-29-12-10-28(11-13-29)22-27-7-6-19-41(2)20-18-27/h4,8-17,21,23-24,27H,5-7,18-20,22,25H2,1-3H3/b8-4+,33-9+,34-24?,39-32?. The predicted octanol–water partition coefficient (Wildman–Crippen LogP) is 8.91. The molecule has 1 aliphatic carbocycles. The molecule has 3 aromatic carbocycles. The van der Waals surface area contributed by atoms with Gasteiger partial charge < -0.3 is 4.90 Å². The van der Waals surface area contributed by atoms with Crippen LogP contribution in [0.25, 0.3) is 11.1 Å². The quantitative estimate of drug-likeness (QED) is 0.287. The minimum absolute atomic E-state index is 0.0639. The lowest BCUT2D eigenvalue weighted by atomic mass is 9.88. The van der Waals surface area contributed by atoms with Crippen molar-refractivity contribution in [2.75, 3.05) is 26.4 Å². The average molecular weight is 578 g/mol. The van der Waals surface area contributed by atoms with Gasteiger partial charge >= 0.3 is 0 Å². The summed E-state index contributed by atoms with van der Waals surface area (Å²) in [7, 11) is 2.18. The molecule has 0 spiro atoms. The highest BCUT2D eigenvalue weighted by Crippen LogP contribution is 2.39. The van der Waals surface area contributed by atoms with E-state index in [0.29, 0.717) is 12.1 Å². The largest absolute Gasteiger partial charge is 0.306 e. The molecule has 3 aromatic rings. The van der Waals surface area contributed by atoms with Crippen LogP contribution in [0, 0.1) is 18.7 Å². The highest BCUT2D eigenvalue weighted by Gasteiger charge is 2.19. The fourth-order valence-electron chi connectivity index (χ4n) is 6.14. The molecule has 0 aromatic heterocycles. The summed E-state index contributed by atoms with van der Waals surface area (Å²) in [6.45, 7) is 4.90. The van der Waals surface area contributed by atoms with Crippen LogP contribution < -0.4 is 0 Å². The summed E-state index contributed by atoms with van der Waals surface area (Å²) in [6.07, 6.45) is 16.8. The fourth-order valence-corrected chi connectivity index (χ4v) is 7.28. The Morgan fingerprint density at radius 2 is 1.74 bits per heavy atom. The third-order valence-corrected chi connectivity index (χ3v) is 10.1. The predicted molar refractivity (Wildman–Crippen MR) is 177 cm³/mol. The molecule has 5 heteroatoms. The summed E-state index contributed by atoms with van der Waals surface area (Å²) in [5, 5.41) is 0. The van der Waals surface area contributed by atoms with E-state index in [0.717, 1.165) is 46.0 Å². The van der Waals surface area contributed by atoms with Crippen LogP contribution in [0.15, 0.2) is 99.2 Å². The van der Waals surface area contributed by atoms with Gasteiger partial charge in [-0.3, -0.25) is 4.99 Å². The first-order valence-corrected chi connectivity index (χ1v) is 16.7. The van der Waals surface area contributed by atoms with Crippen molar-refractivity contribution in [1.29, 1.82) is 0 Å². The molecular weight excluding hydrogens is 537 g/mol. The number of allylic oxidation sites excluding steroid dienone is 6. The van der Waals surface area contributed by atoms with Crippen LogP contribution in [0.4, 0.5) is 10.1 Å². The van der Waals surface area contributed by atoms with Crippen molar-refractivity contribution in [2.24, 2.45) is 15.3 Å². The van der Waals surface area contributed by atoms with Gasteiger partial charge in [-0.25, -0.2) is 8.75 Å². The van der Waals surface area contributed by atoms with E-state index < -0.39 is 0 Å². The minimum atomic E-state index is -0.177. The lowest BCUT2D eigenvalue weighted by Crippen LogP contribution is -2.19. The van der Waals surface area contributed by atoms with E-state index in [2.05, 4.69) is 89.3 Å². The lowest BCUT2D eigenvalue weighted by molar-refractivity contribution is 0.341. The Morgan fingerprint density at radius 1 is 0.952 bits per heavy atom. The van der Waals surface area contributed by atoms with Crippen molar-refractivity contribution >= 4 is 33.2 Å². The van der Waals surface area contributed by atoms with Gasteiger partial charge in [-0.2, -0.15) is 0 Å². The molecule has 3 aliphatic rings. The van der Waals surface area contributed by atoms with Gasteiger partial charge in [0.15, 0.2) is 0 Å². The minimum Gasteiger partial charge on any atom is -0.306 e. The maximum absolute atomic E-state index is 14.2. The van der Waals surface area contributed by atoms with Crippen LogP contribution in [-0.4, -0.2) is 37.0 Å². The third-order valence-electron chi connectivity index (χ3n) is 8.69. The molecule has 216 valence electrons. The molecule has 0 saturated carbocycles. The van der Waals surface area contributed by atoms with Crippen LogP contribution >= 0.6 is 0 Å². The Kier molecular flexibility index (Phi) is 8.78. The maximum Gasteiger partial charge on any atom is 0.126 e. The van der Waals surface area contributed by atoms with Crippen molar-refractivity contribution in [3.63, 3.8) is 0 Å². The number of benzene rings is 3. The van der Waals surface area contributed by atoms with Gasteiger partial charge in [0.2, 0.25) is 0 Å². The lowest BCUT2D eigenvalue weighted by Gasteiger charge is -2.20. The van der Waals surface area contributed by atoms with E-state index in [-0.39, 0.29) is 16.5 Å². The summed E-state index contributed by atoms with van der Waals surface area (Å²) in [5.41, 5.74) is 9.73. The number of halogens is 1. The zero-order chi connectivity index (χ0) is 29.1. The molecule has 6 rings (SSSR count). The first-order chi connectivity index (χ1) is 20.4. The summed E-state index contributed by atoms with van der Waals surface area (Å²) >= 11 is 0. The number of hydrogen-bond acceptors (Lipinski definition) is 3. The number of rotatable bonds is 6. The van der Waals surface area contributed by atoms with Crippen LogP contribution in [-0.2, 0) is 23.7 Å². The second kappa shape index (κ2) is 12.8. The Bertz CT molecular complexity index is 1630. The first-order valence-electron chi connectivity index (χ1n) is 15.1. The normalized spacial score (nSPS) is 23.8. The summed E-state index contributed by atoms with van der Waals surface area (Å²) in [4.78, 5) is 8.83. The number of nitrogens with zero attached hydrogens (tertiary/aromatic N) is 3. The topological polar surface area (TPSA) is 28.0 Å². The molecule has 1 saturated heterocycles. The second-order valence-corrected chi connectivity index (χ2v) is 13.5. The fraction of sp³-hybridized carbons (Fsp3) is 0.324. The van der Waals surface area contributed by atoms with Crippen LogP contribution in [0.1, 0.15) is 53.5 Å². The molecular formula is C37H40FN3S. The van der Waals surface area contributed by atoms with E-state index in [1.165, 1.54) is 54.8 Å². The van der Waals surface area contributed by atoms with Crippen LogP contribution in [0.2, 0.25) is 0 Å². The monoisotopic (exact) mass is 577 g/mol. The summed E-state index contributed by atoms with van der Waals surface area (Å²) < 4.78 is 18.8. The second-order valence-electron chi connectivity index (χ2n) is 11.9. The van der Waals surface area contributed by atoms with Crippen LogP contribution in [0.3, 0.4) is 0 Å². The number of hydrogen-bond donors (Lipinski definition) is 0. The average Bonchev–Trinajstić information content (AvgIpc) is 3.18. The van der Waals surface area contributed by atoms with E-state index in [1.54, 1.807) is 6.07 Å². The Labute approximate surface area is 252 Å². The zero-order valence-corrected chi connectivity index (χ0v) is 25.8. The van der Waals surface area contributed by atoms with Crippen LogP contribution in [0.5, 0.6) is 0 Å². The van der Waals surface area contributed by atoms with Crippen molar-refractivity contribution in [2.45, 2.75) is 50.5 Å². The van der Waals surface area contributed by atoms with E-state index >= 15 is 0 Å². The van der Waals surface area contributed by atoms with Crippen molar-refractivity contribution in [3.8, 4) is 0 Å². The highest BCUT2D eigenvalue weighted by atomic mass is 32.2. The number of aryl methyl sites for hydroxylation is 1. The molecule has 0 bridgehead atoms. The van der Waals surface area contributed by atoms with E-state index in [1.807, 2.05) is 19.1 Å². The smallest absolute Gasteiger partial charge is 0.126 e. The zero-order valence-electron chi connectivity index (χ0n) is 24.9. The van der Waals surface area contributed by atoms with Gasteiger partial charge in [-0.15, -0.1) is 0 Å². The maximum atomic E-state index is 14.2. The molecule has 2 unspecified atom stereocenters. The summed E-state index contributed by atoms with van der Waals surface area (Å²) in [6, 6.07) is 21.0. The number of aliphatic imine (C=N–C) groups is 1. The Balaban J connectivity index is 1.27. The molecule has 1 fully saturated rings. The van der Waals surface area contributed by atoms with Gasteiger partial charge in [0.1, 0.15) is 5.82 Å². The molecule has 2 aliphatic heterocycles. The summed E-state index contributed by atoms with van der Waals surface area (Å²) in [5.74, 6) is 0.604. The first kappa shape index (κ1) is 28.7. The SMILES string of the molecule is Cc1cc(/C2=C\C/C=C/C(=NCc3ccc(CC4CCCN(C)CC4)cc3)C=C2c2ccc3c(c2)S(C)=N3)ccc1F. The molecule has 42 heavy (non-hydrogen) atoms. The Hall–Kier alpha value is -3.41. The van der Waals surface area contributed by atoms with Crippen molar-refractivity contribution < 1.29 is 4.39 Å². The van der Waals surface area contributed by atoms with E-state index in [9.17, 15) is 4.39 Å². The van der Waals surface area contributed by atoms with Gasteiger partial charge in [-0.05, 0) is 147 Å². The highest BCUT2D eigenvalue weighted by molar-refractivity contribution is 7.88. The van der Waals surface area contributed by atoms with Gasteiger partial charge in [0.05, 0.1) is 17.9 Å². The molecule has 3 nitrogen and oxygen atoms in total. The van der Waals surface area contributed by atoms with Crippen molar-refractivity contribution in [1.82, 2.24) is 4.90 Å². The molecule has 0 radical (unpaired) electrons. The third kappa shape index (κ3) is 6.63.